The Morgan fingerprint density at radius 1 is 1.43 bits per heavy atom. The Bertz CT molecular complexity index is 395. The quantitative estimate of drug-likeness (QED) is 0.753. The molecule has 21 heavy (non-hydrogen) atoms. The zero-order valence-electron chi connectivity index (χ0n) is 12.7. The maximum absolute atomic E-state index is 11.7. The Morgan fingerprint density at radius 3 is 2.48 bits per heavy atom. The Hall–Kier alpha value is -1.50. The molecule has 0 aromatic carbocycles. The molecule has 1 saturated heterocycles. The van der Waals surface area contributed by atoms with Gasteiger partial charge < -0.3 is 20.1 Å². The molecule has 0 bridgehead atoms. The predicted molar refractivity (Wildman–Crippen MR) is 78.2 cm³/mol. The number of hydrogen-bond acceptors (Lipinski definition) is 5. The Kier molecular flexibility index (Phi) is 7.49. The second-order valence-corrected chi connectivity index (χ2v) is 5.73. The fourth-order valence-corrected chi connectivity index (χ4v) is 1.96. The summed E-state index contributed by atoms with van der Waals surface area (Å²) in [4.78, 5) is 34.9. The second-order valence-electron chi connectivity index (χ2n) is 5.73. The van der Waals surface area contributed by atoms with Crippen molar-refractivity contribution in [2.75, 3.05) is 13.7 Å². The van der Waals surface area contributed by atoms with Crippen LogP contribution in [-0.4, -0.2) is 43.3 Å². The third-order valence-corrected chi connectivity index (χ3v) is 2.86. The van der Waals surface area contributed by atoms with Crippen LogP contribution in [0, 0.1) is 5.92 Å². The molecule has 1 fully saturated rings. The lowest BCUT2D eigenvalue weighted by Gasteiger charge is -2.23. The minimum absolute atomic E-state index is 0. The fraction of sp³-hybridized carbons (Fsp3) is 0.769. The molecule has 0 saturated carbocycles. The molecule has 0 radical (unpaired) electrons. The summed E-state index contributed by atoms with van der Waals surface area (Å²) in [7, 11) is 1.24. The molecule has 2 atom stereocenters. The van der Waals surface area contributed by atoms with E-state index < -0.39 is 23.7 Å². The van der Waals surface area contributed by atoms with Crippen LogP contribution in [0.25, 0.3) is 0 Å². The van der Waals surface area contributed by atoms with Crippen LogP contribution < -0.4 is 10.6 Å². The minimum atomic E-state index is -0.885. The summed E-state index contributed by atoms with van der Waals surface area (Å²) in [6.07, 6.45) is 0.145. The SMILES string of the molecule is COC(=O)[C@H](CC1CCNC1=O)NC(=O)OC(C)(C)C.Cl. The predicted octanol–water partition coefficient (Wildman–Crippen LogP) is 1.00. The highest BCUT2D eigenvalue weighted by Gasteiger charge is 2.32. The van der Waals surface area contributed by atoms with E-state index >= 15 is 0 Å². The number of methoxy groups -OCH3 is 1. The average Bonchev–Trinajstić information content (AvgIpc) is 2.70. The summed E-state index contributed by atoms with van der Waals surface area (Å²) < 4.78 is 9.74. The van der Waals surface area contributed by atoms with Gasteiger partial charge in [0.2, 0.25) is 5.91 Å². The van der Waals surface area contributed by atoms with E-state index in [0.717, 1.165) is 0 Å². The van der Waals surface area contributed by atoms with Gasteiger partial charge in [0.1, 0.15) is 11.6 Å². The molecule has 1 aliphatic heterocycles. The first-order valence-corrected chi connectivity index (χ1v) is 6.58. The maximum atomic E-state index is 11.7. The average molecular weight is 323 g/mol. The largest absolute Gasteiger partial charge is 0.467 e. The second kappa shape index (κ2) is 8.07. The third kappa shape index (κ3) is 6.66. The van der Waals surface area contributed by atoms with Crippen molar-refractivity contribution in [2.45, 2.75) is 45.3 Å². The molecule has 122 valence electrons. The van der Waals surface area contributed by atoms with Gasteiger partial charge in [0, 0.05) is 12.5 Å². The van der Waals surface area contributed by atoms with Crippen molar-refractivity contribution < 1.29 is 23.9 Å². The van der Waals surface area contributed by atoms with Crippen molar-refractivity contribution in [2.24, 2.45) is 5.92 Å². The molecule has 8 heteroatoms. The number of amides is 2. The lowest BCUT2D eigenvalue weighted by atomic mass is 9.98. The topological polar surface area (TPSA) is 93.7 Å². The Labute approximate surface area is 130 Å². The van der Waals surface area contributed by atoms with Gasteiger partial charge in [-0.1, -0.05) is 0 Å². The summed E-state index contributed by atoms with van der Waals surface area (Å²) >= 11 is 0. The first-order valence-electron chi connectivity index (χ1n) is 6.58. The van der Waals surface area contributed by atoms with Crippen LogP contribution in [-0.2, 0) is 19.1 Å². The van der Waals surface area contributed by atoms with Gasteiger partial charge in [0.25, 0.3) is 0 Å². The van der Waals surface area contributed by atoms with Crippen LogP contribution in [0.5, 0.6) is 0 Å². The maximum Gasteiger partial charge on any atom is 0.408 e. The molecule has 2 N–H and O–H groups in total. The molecule has 0 spiro atoms. The number of nitrogens with one attached hydrogen (secondary N) is 2. The van der Waals surface area contributed by atoms with E-state index in [-0.39, 0.29) is 30.7 Å². The van der Waals surface area contributed by atoms with Crippen molar-refractivity contribution in [3.05, 3.63) is 0 Å². The van der Waals surface area contributed by atoms with E-state index in [0.29, 0.717) is 13.0 Å². The fourth-order valence-electron chi connectivity index (χ4n) is 1.96. The van der Waals surface area contributed by atoms with Gasteiger partial charge >= 0.3 is 12.1 Å². The summed E-state index contributed by atoms with van der Waals surface area (Å²) in [6.45, 7) is 5.77. The highest BCUT2D eigenvalue weighted by molar-refractivity contribution is 5.85. The summed E-state index contributed by atoms with van der Waals surface area (Å²) in [5.74, 6) is -0.991. The van der Waals surface area contributed by atoms with Gasteiger partial charge in [0.15, 0.2) is 0 Å². The van der Waals surface area contributed by atoms with Crippen molar-refractivity contribution in [3.8, 4) is 0 Å². The highest BCUT2D eigenvalue weighted by Crippen LogP contribution is 2.17. The van der Waals surface area contributed by atoms with Crippen LogP contribution in [0.4, 0.5) is 4.79 Å². The van der Waals surface area contributed by atoms with Gasteiger partial charge in [-0.2, -0.15) is 0 Å². The Balaban J connectivity index is 0.00000400. The van der Waals surface area contributed by atoms with Crippen LogP contribution >= 0.6 is 12.4 Å². The summed E-state index contributed by atoms with van der Waals surface area (Å²) in [5, 5.41) is 5.14. The molecule has 1 heterocycles. The van der Waals surface area contributed by atoms with Crippen molar-refractivity contribution in [1.82, 2.24) is 10.6 Å². The van der Waals surface area contributed by atoms with E-state index in [2.05, 4.69) is 15.4 Å². The van der Waals surface area contributed by atoms with Crippen molar-refractivity contribution >= 4 is 30.4 Å². The number of alkyl carbamates (subject to hydrolysis) is 1. The zero-order valence-corrected chi connectivity index (χ0v) is 13.5. The summed E-state index contributed by atoms with van der Waals surface area (Å²) in [5.41, 5.74) is -0.657. The first-order chi connectivity index (χ1) is 9.23. The number of carbonyl (C=O) groups is 3. The van der Waals surface area contributed by atoms with Crippen LogP contribution in [0.1, 0.15) is 33.6 Å². The molecule has 7 nitrogen and oxygen atoms in total. The lowest BCUT2D eigenvalue weighted by molar-refractivity contribution is -0.143. The van der Waals surface area contributed by atoms with Gasteiger partial charge in [0.05, 0.1) is 7.11 Å². The normalized spacial score (nSPS) is 19.0. The number of halogens is 1. The van der Waals surface area contributed by atoms with Crippen LogP contribution in [0.3, 0.4) is 0 Å². The van der Waals surface area contributed by atoms with Gasteiger partial charge in [-0.3, -0.25) is 4.79 Å². The molecular formula is C13H23ClN2O5. The van der Waals surface area contributed by atoms with E-state index in [1.165, 1.54) is 7.11 Å². The first kappa shape index (κ1) is 19.5. The van der Waals surface area contributed by atoms with E-state index in [4.69, 9.17) is 4.74 Å². The molecule has 1 unspecified atom stereocenters. The van der Waals surface area contributed by atoms with E-state index in [9.17, 15) is 14.4 Å². The molecule has 0 aromatic heterocycles. The molecule has 1 rings (SSSR count). The third-order valence-electron chi connectivity index (χ3n) is 2.86. The molecule has 0 aromatic rings. The monoisotopic (exact) mass is 322 g/mol. The standard InChI is InChI=1S/C13H22N2O5.ClH/c1-13(2,3)20-12(18)15-9(11(17)19-4)7-8-5-6-14-10(8)16;/h8-9H,5-7H2,1-4H3,(H,14,16)(H,15,18);1H/t8?,9-;/m0./s1. The molecule has 1 aliphatic rings. The van der Waals surface area contributed by atoms with Crippen LogP contribution in [0.2, 0.25) is 0 Å². The minimum Gasteiger partial charge on any atom is -0.467 e. The number of hydrogen-bond donors (Lipinski definition) is 2. The van der Waals surface area contributed by atoms with Crippen molar-refractivity contribution in [1.29, 1.82) is 0 Å². The van der Waals surface area contributed by atoms with E-state index in [1.807, 2.05) is 0 Å². The Morgan fingerprint density at radius 2 is 2.05 bits per heavy atom. The number of ether oxygens (including phenoxy) is 2. The number of rotatable bonds is 4. The highest BCUT2D eigenvalue weighted by atomic mass is 35.5. The smallest absolute Gasteiger partial charge is 0.408 e. The van der Waals surface area contributed by atoms with Gasteiger partial charge in [-0.15, -0.1) is 12.4 Å². The molecular weight excluding hydrogens is 300 g/mol. The van der Waals surface area contributed by atoms with Gasteiger partial charge in [-0.05, 0) is 33.6 Å². The number of esters is 1. The number of carbonyl (C=O) groups excluding carboxylic acids is 3. The molecule has 0 aliphatic carbocycles. The zero-order chi connectivity index (χ0) is 15.3. The molecule has 2 amide bonds. The van der Waals surface area contributed by atoms with Crippen molar-refractivity contribution in [3.63, 3.8) is 0 Å². The van der Waals surface area contributed by atoms with E-state index in [1.54, 1.807) is 20.8 Å². The lowest BCUT2D eigenvalue weighted by Crippen LogP contribution is -2.45. The summed E-state index contributed by atoms with van der Waals surface area (Å²) in [6, 6.07) is -0.885. The van der Waals surface area contributed by atoms with Crippen LogP contribution in [0.15, 0.2) is 0 Å². The van der Waals surface area contributed by atoms with Gasteiger partial charge in [-0.25, -0.2) is 9.59 Å².